The van der Waals surface area contributed by atoms with E-state index in [1.54, 1.807) is 11.3 Å². The molecule has 0 amide bonds. The van der Waals surface area contributed by atoms with Crippen LogP contribution in [0, 0.1) is 6.92 Å². The van der Waals surface area contributed by atoms with E-state index in [-0.39, 0.29) is 5.78 Å². The first kappa shape index (κ1) is 12.6. The summed E-state index contributed by atoms with van der Waals surface area (Å²) in [6, 6.07) is 2.53. The average Bonchev–Trinajstić information content (AvgIpc) is 3.07. The van der Waals surface area contributed by atoms with Crippen LogP contribution in [0.2, 0.25) is 0 Å². The molecule has 100 valence electrons. The van der Waals surface area contributed by atoms with Crippen LogP contribution in [0.15, 0.2) is 23.0 Å². The van der Waals surface area contributed by atoms with Gasteiger partial charge in [-0.15, -0.1) is 0 Å². The number of nitrogens with zero attached hydrogens (tertiary/aromatic N) is 2. The van der Waals surface area contributed by atoms with Crippen molar-refractivity contribution in [3.63, 3.8) is 0 Å². The number of carbonyl (C=O) groups excluding carboxylic acids is 1. The van der Waals surface area contributed by atoms with E-state index in [0.29, 0.717) is 12.5 Å². The molecule has 0 N–H and O–H groups in total. The fourth-order valence-corrected chi connectivity index (χ4v) is 3.60. The zero-order valence-electron chi connectivity index (χ0n) is 11.1. The normalized spacial score (nSPS) is 16.1. The third kappa shape index (κ3) is 2.63. The van der Waals surface area contributed by atoms with Gasteiger partial charge < -0.3 is 0 Å². The SMILES string of the molecule is Cc1cscc1C(=O)Cc1ccn(C2CCCC2)n1. The topological polar surface area (TPSA) is 34.9 Å². The molecule has 0 aromatic carbocycles. The predicted molar refractivity (Wildman–Crippen MR) is 76.8 cm³/mol. The molecule has 0 atom stereocenters. The molecule has 1 aliphatic carbocycles. The molecule has 0 unspecified atom stereocenters. The molecule has 2 aromatic heterocycles. The summed E-state index contributed by atoms with van der Waals surface area (Å²) in [5.74, 6) is 0.176. The first-order valence-electron chi connectivity index (χ1n) is 6.84. The molecule has 1 saturated carbocycles. The molecule has 0 radical (unpaired) electrons. The van der Waals surface area contributed by atoms with Gasteiger partial charge in [0.15, 0.2) is 5.78 Å². The third-order valence-electron chi connectivity index (χ3n) is 3.86. The molecule has 1 fully saturated rings. The second-order valence-corrected chi connectivity index (χ2v) is 6.04. The van der Waals surface area contributed by atoms with Crippen LogP contribution in [0.3, 0.4) is 0 Å². The van der Waals surface area contributed by atoms with Gasteiger partial charge in [-0.2, -0.15) is 16.4 Å². The maximum absolute atomic E-state index is 12.2. The monoisotopic (exact) mass is 274 g/mol. The first-order valence-corrected chi connectivity index (χ1v) is 7.78. The van der Waals surface area contributed by atoms with Crippen LogP contribution in [0.5, 0.6) is 0 Å². The number of aryl methyl sites for hydroxylation is 1. The van der Waals surface area contributed by atoms with Crippen LogP contribution < -0.4 is 0 Å². The van der Waals surface area contributed by atoms with Crippen LogP contribution in [0.4, 0.5) is 0 Å². The van der Waals surface area contributed by atoms with Gasteiger partial charge in [-0.25, -0.2) is 0 Å². The second-order valence-electron chi connectivity index (χ2n) is 5.29. The Balaban J connectivity index is 1.70. The van der Waals surface area contributed by atoms with Crippen molar-refractivity contribution in [3.05, 3.63) is 39.8 Å². The van der Waals surface area contributed by atoms with Gasteiger partial charge in [0.25, 0.3) is 0 Å². The van der Waals surface area contributed by atoms with Gasteiger partial charge in [0, 0.05) is 17.1 Å². The Kier molecular flexibility index (Phi) is 3.51. The summed E-state index contributed by atoms with van der Waals surface area (Å²) in [6.45, 7) is 1.99. The van der Waals surface area contributed by atoms with E-state index in [1.165, 1.54) is 25.7 Å². The average molecular weight is 274 g/mol. The highest BCUT2D eigenvalue weighted by Crippen LogP contribution is 2.28. The predicted octanol–water partition coefficient (Wildman–Crippen LogP) is 3.79. The quantitative estimate of drug-likeness (QED) is 0.795. The molecule has 19 heavy (non-hydrogen) atoms. The van der Waals surface area contributed by atoms with E-state index < -0.39 is 0 Å². The van der Waals surface area contributed by atoms with Crippen molar-refractivity contribution in [2.75, 3.05) is 0 Å². The van der Waals surface area contributed by atoms with Crippen molar-refractivity contribution >= 4 is 17.1 Å². The van der Waals surface area contributed by atoms with E-state index in [0.717, 1.165) is 16.8 Å². The lowest BCUT2D eigenvalue weighted by molar-refractivity contribution is 0.0991. The minimum atomic E-state index is 0.176. The van der Waals surface area contributed by atoms with Crippen LogP contribution in [-0.4, -0.2) is 15.6 Å². The number of ketones is 1. The van der Waals surface area contributed by atoms with Gasteiger partial charge >= 0.3 is 0 Å². The number of rotatable bonds is 4. The summed E-state index contributed by atoms with van der Waals surface area (Å²) < 4.78 is 2.05. The fraction of sp³-hybridized carbons (Fsp3) is 0.467. The minimum Gasteiger partial charge on any atom is -0.294 e. The third-order valence-corrected chi connectivity index (χ3v) is 4.72. The van der Waals surface area contributed by atoms with E-state index in [4.69, 9.17) is 0 Å². The van der Waals surface area contributed by atoms with Crippen LogP contribution in [0.1, 0.15) is 53.3 Å². The molecule has 0 bridgehead atoms. The van der Waals surface area contributed by atoms with Crippen molar-refractivity contribution in [1.29, 1.82) is 0 Å². The highest BCUT2D eigenvalue weighted by atomic mass is 32.1. The lowest BCUT2D eigenvalue weighted by Gasteiger charge is -2.08. The Morgan fingerprint density at radius 2 is 2.21 bits per heavy atom. The molecule has 3 nitrogen and oxygen atoms in total. The minimum absolute atomic E-state index is 0.176. The van der Waals surface area contributed by atoms with Gasteiger partial charge in [-0.05, 0) is 36.8 Å². The molecule has 4 heteroatoms. The number of hydrogen-bond donors (Lipinski definition) is 0. The Hall–Kier alpha value is -1.42. The smallest absolute Gasteiger partial charge is 0.169 e. The van der Waals surface area contributed by atoms with Crippen molar-refractivity contribution < 1.29 is 4.79 Å². The number of hydrogen-bond acceptors (Lipinski definition) is 3. The first-order chi connectivity index (χ1) is 9.24. The molecule has 2 heterocycles. The second kappa shape index (κ2) is 5.29. The van der Waals surface area contributed by atoms with Gasteiger partial charge in [-0.1, -0.05) is 12.8 Å². The summed E-state index contributed by atoms with van der Waals surface area (Å²) >= 11 is 1.58. The molecular formula is C15H18N2OS. The molecule has 0 spiro atoms. The van der Waals surface area contributed by atoms with Gasteiger partial charge in [0.05, 0.1) is 18.2 Å². The molecule has 1 aliphatic rings. The van der Waals surface area contributed by atoms with Gasteiger partial charge in [0.2, 0.25) is 0 Å². The lowest BCUT2D eigenvalue weighted by Crippen LogP contribution is -2.08. The summed E-state index contributed by atoms with van der Waals surface area (Å²) in [5, 5.41) is 8.53. The van der Waals surface area contributed by atoms with Gasteiger partial charge in [0.1, 0.15) is 0 Å². The molecular weight excluding hydrogens is 256 g/mol. The summed E-state index contributed by atoms with van der Waals surface area (Å²) in [6.07, 6.45) is 7.48. The van der Waals surface area contributed by atoms with Crippen LogP contribution in [0.25, 0.3) is 0 Å². The molecule has 0 aliphatic heterocycles. The highest BCUT2D eigenvalue weighted by Gasteiger charge is 2.18. The van der Waals surface area contributed by atoms with Crippen LogP contribution in [-0.2, 0) is 6.42 Å². The molecule has 3 rings (SSSR count). The number of carbonyl (C=O) groups is 1. The molecule has 2 aromatic rings. The zero-order valence-corrected chi connectivity index (χ0v) is 11.9. The number of Topliss-reactive ketones (excluding diaryl/α,β-unsaturated/α-hetero) is 1. The van der Waals surface area contributed by atoms with E-state index in [9.17, 15) is 4.79 Å². The van der Waals surface area contributed by atoms with E-state index in [2.05, 4.69) is 9.78 Å². The van der Waals surface area contributed by atoms with Crippen molar-refractivity contribution in [1.82, 2.24) is 9.78 Å². The van der Waals surface area contributed by atoms with Crippen molar-refractivity contribution in [2.45, 2.75) is 45.1 Å². The summed E-state index contributed by atoms with van der Waals surface area (Å²) in [7, 11) is 0. The summed E-state index contributed by atoms with van der Waals surface area (Å²) in [4.78, 5) is 12.2. The highest BCUT2D eigenvalue weighted by molar-refractivity contribution is 7.08. The standard InChI is InChI=1S/C15H18N2OS/c1-11-9-19-10-14(11)15(18)8-12-6-7-17(16-12)13-4-2-3-5-13/h6-7,9-10,13H,2-5,8H2,1H3. The summed E-state index contributed by atoms with van der Waals surface area (Å²) in [5.41, 5.74) is 2.81. The molecule has 0 saturated heterocycles. The number of thiophene rings is 1. The number of aromatic nitrogens is 2. The largest absolute Gasteiger partial charge is 0.294 e. The van der Waals surface area contributed by atoms with Gasteiger partial charge in [-0.3, -0.25) is 9.48 Å². The Morgan fingerprint density at radius 1 is 1.42 bits per heavy atom. The zero-order chi connectivity index (χ0) is 13.2. The van der Waals surface area contributed by atoms with Crippen molar-refractivity contribution in [2.24, 2.45) is 0 Å². The van der Waals surface area contributed by atoms with E-state index >= 15 is 0 Å². The van der Waals surface area contributed by atoms with Crippen LogP contribution >= 0.6 is 11.3 Å². The van der Waals surface area contributed by atoms with E-state index in [1.807, 2.05) is 29.9 Å². The Labute approximate surface area is 117 Å². The lowest BCUT2D eigenvalue weighted by atomic mass is 10.1. The Bertz CT molecular complexity index is 578. The fourth-order valence-electron chi connectivity index (χ4n) is 2.75. The maximum Gasteiger partial charge on any atom is 0.169 e. The Morgan fingerprint density at radius 3 is 2.89 bits per heavy atom. The maximum atomic E-state index is 12.2. The van der Waals surface area contributed by atoms with Crippen molar-refractivity contribution in [3.8, 4) is 0 Å².